The average Bonchev–Trinajstić information content (AvgIpc) is 3.21. The van der Waals surface area contributed by atoms with E-state index < -0.39 is 0 Å². The molecule has 1 saturated heterocycles. The first kappa shape index (κ1) is 19.8. The van der Waals surface area contributed by atoms with Gasteiger partial charge in [0.1, 0.15) is 24.0 Å². The number of carbonyl (C=O) groups excluding carboxylic acids is 1. The van der Waals surface area contributed by atoms with Crippen LogP contribution in [-0.2, 0) is 17.8 Å². The standard InChI is InChI=1S/C21H29N5O3/c1-2-28-13-14-29-18-6-4-3-5-17(18)21(27)25-10-7-16(8-11-25)20-24-23-19-15-22-9-12-26(19)20/h3-6,16,22H,2,7-15H2,1H3. The van der Waals surface area contributed by atoms with Crippen LogP contribution in [0.3, 0.4) is 0 Å². The number of carbonyl (C=O) groups is 1. The van der Waals surface area contributed by atoms with Crippen LogP contribution < -0.4 is 10.1 Å². The number of fused-ring (bicyclic) bond motifs is 1. The van der Waals surface area contributed by atoms with E-state index in [-0.39, 0.29) is 5.91 Å². The molecule has 4 rings (SSSR count). The third-order valence-corrected chi connectivity index (χ3v) is 5.61. The number of amides is 1. The Morgan fingerprint density at radius 2 is 2.00 bits per heavy atom. The summed E-state index contributed by atoms with van der Waals surface area (Å²) in [6.45, 7) is 7.66. The first-order chi connectivity index (χ1) is 14.3. The van der Waals surface area contributed by atoms with Crippen LogP contribution in [0.5, 0.6) is 5.75 Å². The molecule has 1 N–H and O–H groups in total. The van der Waals surface area contributed by atoms with Crippen molar-refractivity contribution in [3.05, 3.63) is 41.5 Å². The maximum absolute atomic E-state index is 13.1. The number of hydrogen-bond donors (Lipinski definition) is 1. The minimum Gasteiger partial charge on any atom is -0.490 e. The van der Waals surface area contributed by atoms with Crippen LogP contribution in [0.1, 0.15) is 47.7 Å². The van der Waals surface area contributed by atoms with Crippen LogP contribution >= 0.6 is 0 Å². The van der Waals surface area contributed by atoms with Crippen molar-refractivity contribution in [2.24, 2.45) is 0 Å². The summed E-state index contributed by atoms with van der Waals surface area (Å²) in [5, 5.41) is 12.1. The molecule has 3 heterocycles. The molecule has 1 aromatic heterocycles. The summed E-state index contributed by atoms with van der Waals surface area (Å²) >= 11 is 0. The topological polar surface area (TPSA) is 81.5 Å². The molecule has 8 nitrogen and oxygen atoms in total. The number of aromatic nitrogens is 3. The number of nitrogens with one attached hydrogen (secondary N) is 1. The fraction of sp³-hybridized carbons (Fsp3) is 0.571. The monoisotopic (exact) mass is 399 g/mol. The van der Waals surface area contributed by atoms with E-state index in [1.165, 1.54) is 0 Å². The van der Waals surface area contributed by atoms with E-state index in [1.807, 2.05) is 36.1 Å². The number of nitrogens with zero attached hydrogens (tertiary/aromatic N) is 4. The Bertz CT molecular complexity index is 829. The largest absolute Gasteiger partial charge is 0.490 e. The van der Waals surface area contributed by atoms with Gasteiger partial charge < -0.3 is 24.3 Å². The second kappa shape index (κ2) is 9.37. The van der Waals surface area contributed by atoms with Crippen LogP contribution in [0.2, 0.25) is 0 Å². The average molecular weight is 399 g/mol. The van der Waals surface area contributed by atoms with Gasteiger partial charge >= 0.3 is 0 Å². The summed E-state index contributed by atoms with van der Waals surface area (Å²) in [4.78, 5) is 15.0. The van der Waals surface area contributed by atoms with Crippen molar-refractivity contribution in [3.63, 3.8) is 0 Å². The van der Waals surface area contributed by atoms with E-state index in [0.29, 0.717) is 37.1 Å². The number of piperidine rings is 1. The molecule has 0 unspecified atom stereocenters. The highest BCUT2D eigenvalue weighted by Gasteiger charge is 2.30. The maximum atomic E-state index is 13.1. The third kappa shape index (κ3) is 4.43. The molecule has 0 radical (unpaired) electrons. The number of likely N-dealkylation sites (tertiary alicyclic amines) is 1. The van der Waals surface area contributed by atoms with Crippen LogP contribution in [0.4, 0.5) is 0 Å². The van der Waals surface area contributed by atoms with Gasteiger partial charge in [0.05, 0.1) is 18.7 Å². The Morgan fingerprint density at radius 1 is 1.17 bits per heavy atom. The highest BCUT2D eigenvalue weighted by Crippen LogP contribution is 2.29. The van der Waals surface area contributed by atoms with Gasteiger partial charge in [-0.25, -0.2) is 0 Å². The normalized spacial score (nSPS) is 17.2. The molecule has 0 saturated carbocycles. The van der Waals surface area contributed by atoms with Crippen LogP contribution in [0.25, 0.3) is 0 Å². The van der Waals surface area contributed by atoms with E-state index in [1.54, 1.807) is 0 Å². The highest BCUT2D eigenvalue weighted by molar-refractivity contribution is 5.97. The molecule has 0 atom stereocenters. The van der Waals surface area contributed by atoms with Gasteiger partial charge in [0, 0.05) is 38.7 Å². The summed E-state index contributed by atoms with van der Waals surface area (Å²) in [5.74, 6) is 3.11. The predicted molar refractivity (Wildman–Crippen MR) is 108 cm³/mol. The van der Waals surface area contributed by atoms with Crippen LogP contribution in [0.15, 0.2) is 24.3 Å². The lowest BCUT2D eigenvalue weighted by molar-refractivity contribution is 0.0700. The molecule has 2 aliphatic heterocycles. The molecule has 1 fully saturated rings. The molecule has 2 aliphatic rings. The zero-order valence-corrected chi connectivity index (χ0v) is 17.0. The summed E-state index contributed by atoms with van der Waals surface area (Å²) in [6.07, 6.45) is 1.81. The van der Waals surface area contributed by atoms with Crippen LogP contribution in [0, 0.1) is 0 Å². The lowest BCUT2D eigenvalue weighted by Crippen LogP contribution is -2.39. The SMILES string of the molecule is CCOCCOc1ccccc1C(=O)N1CCC(c2nnc3n2CCNC3)CC1. The molecular formula is C21H29N5O3. The summed E-state index contributed by atoms with van der Waals surface area (Å²) in [5.41, 5.74) is 0.619. The van der Waals surface area contributed by atoms with Crippen molar-refractivity contribution in [1.29, 1.82) is 0 Å². The van der Waals surface area contributed by atoms with E-state index in [9.17, 15) is 4.79 Å². The Morgan fingerprint density at radius 3 is 2.83 bits per heavy atom. The van der Waals surface area contributed by atoms with E-state index in [2.05, 4.69) is 20.1 Å². The number of ether oxygens (including phenoxy) is 2. The van der Waals surface area contributed by atoms with Crippen molar-refractivity contribution >= 4 is 5.91 Å². The van der Waals surface area contributed by atoms with Gasteiger partial charge in [0.25, 0.3) is 5.91 Å². The quantitative estimate of drug-likeness (QED) is 0.716. The predicted octanol–water partition coefficient (Wildman–Crippen LogP) is 1.82. The zero-order valence-electron chi connectivity index (χ0n) is 17.0. The zero-order chi connectivity index (χ0) is 20.1. The number of para-hydroxylation sites is 1. The molecule has 0 bridgehead atoms. The van der Waals surface area contributed by atoms with Crippen molar-refractivity contribution in [2.45, 2.75) is 38.8 Å². The molecular weight excluding hydrogens is 370 g/mol. The molecule has 1 amide bonds. The minimum atomic E-state index is 0.0305. The lowest BCUT2D eigenvalue weighted by Gasteiger charge is -2.32. The van der Waals surface area contributed by atoms with E-state index >= 15 is 0 Å². The Labute approximate surface area is 171 Å². The maximum Gasteiger partial charge on any atom is 0.257 e. The van der Waals surface area contributed by atoms with Gasteiger partial charge in [-0.1, -0.05) is 12.1 Å². The Hall–Kier alpha value is -2.45. The highest BCUT2D eigenvalue weighted by atomic mass is 16.5. The number of benzene rings is 1. The van der Waals surface area contributed by atoms with Crippen molar-refractivity contribution in [3.8, 4) is 5.75 Å². The van der Waals surface area contributed by atoms with Gasteiger partial charge in [0.2, 0.25) is 0 Å². The third-order valence-electron chi connectivity index (χ3n) is 5.61. The Kier molecular flexibility index (Phi) is 6.41. The lowest BCUT2D eigenvalue weighted by atomic mass is 9.95. The fourth-order valence-corrected chi connectivity index (χ4v) is 4.05. The summed E-state index contributed by atoms with van der Waals surface area (Å²) in [6, 6.07) is 7.46. The molecule has 0 aliphatic carbocycles. The molecule has 2 aromatic rings. The van der Waals surface area contributed by atoms with Crippen LogP contribution in [-0.4, -0.2) is 65.0 Å². The van der Waals surface area contributed by atoms with Gasteiger partial charge in [-0.2, -0.15) is 0 Å². The second-order valence-corrected chi connectivity index (χ2v) is 7.41. The molecule has 8 heteroatoms. The minimum absolute atomic E-state index is 0.0305. The molecule has 0 spiro atoms. The molecule has 1 aromatic carbocycles. The summed E-state index contributed by atoms with van der Waals surface area (Å²) < 4.78 is 13.4. The molecule has 156 valence electrons. The second-order valence-electron chi connectivity index (χ2n) is 7.41. The first-order valence-electron chi connectivity index (χ1n) is 10.5. The van der Waals surface area contributed by atoms with Gasteiger partial charge in [-0.05, 0) is 31.9 Å². The van der Waals surface area contributed by atoms with Gasteiger partial charge in [-0.3, -0.25) is 4.79 Å². The van der Waals surface area contributed by atoms with Crippen molar-refractivity contribution < 1.29 is 14.3 Å². The van der Waals surface area contributed by atoms with Crippen molar-refractivity contribution in [1.82, 2.24) is 25.0 Å². The first-order valence-corrected chi connectivity index (χ1v) is 10.5. The molecule has 29 heavy (non-hydrogen) atoms. The summed E-state index contributed by atoms with van der Waals surface area (Å²) in [7, 11) is 0. The Balaban J connectivity index is 1.38. The van der Waals surface area contributed by atoms with E-state index in [0.717, 1.165) is 57.2 Å². The smallest absolute Gasteiger partial charge is 0.257 e. The van der Waals surface area contributed by atoms with Gasteiger partial charge in [-0.15, -0.1) is 10.2 Å². The number of hydrogen-bond acceptors (Lipinski definition) is 6. The number of rotatable bonds is 7. The van der Waals surface area contributed by atoms with Crippen molar-refractivity contribution in [2.75, 3.05) is 39.5 Å². The fourth-order valence-electron chi connectivity index (χ4n) is 4.05. The van der Waals surface area contributed by atoms with E-state index in [4.69, 9.17) is 9.47 Å². The van der Waals surface area contributed by atoms with Gasteiger partial charge in [0.15, 0.2) is 0 Å².